The third-order valence-electron chi connectivity index (χ3n) is 5.42. The van der Waals surface area contributed by atoms with E-state index in [4.69, 9.17) is 22.1 Å². The summed E-state index contributed by atoms with van der Waals surface area (Å²) < 4.78 is 31.2. The van der Waals surface area contributed by atoms with Crippen LogP contribution in [0.3, 0.4) is 0 Å². The van der Waals surface area contributed by atoms with E-state index in [0.717, 1.165) is 11.9 Å². The van der Waals surface area contributed by atoms with Crippen molar-refractivity contribution < 1.29 is 13.2 Å². The molecule has 0 aliphatic heterocycles. The molecule has 0 aliphatic rings. The third-order valence-corrected chi connectivity index (χ3v) is 6.59. The zero-order valence-corrected chi connectivity index (χ0v) is 22.2. The molecule has 37 heavy (non-hydrogen) atoms. The second-order valence-electron chi connectivity index (χ2n) is 8.44. The summed E-state index contributed by atoms with van der Waals surface area (Å²) in [7, 11) is -1.66. The number of ether oxygens (including phenoxy) is 1. The van der Waals surface area contributed by atoms with E-state index < -0.39 is 9.84 Å². The number of aryl methyl sites for hydroxylation is 2. The zero-order valence-electron chi connectivity index (χ0n) is 20.7. The minimum Gasteiger partial charge on any atom is -0.477 e. The van der Waals surface area contributed by atoms with Gasteiger partial charge >= 0.3 is 0 Å². The lowest BCUT2D eigenvalue weighted by atomic mass is 10.1. The van der Waals surface area contributed by atoms with Crippen LogP contribution in [0.15, 0.2) is 41.9 Å². The number of sulfone groups is 1. The van der Waals surface area contributed by atoms with Gasteiger partial charge in [-0.15, -0.1) is 0 Å². The Labute approximate surface area is 219 Å². The molecule has 0 amide bonds. The molecule has 4 heterocycles. The van der Waals surface area contributed by atoms with Gasteiger partial charge in [-0.05, 0) is 26.0 Å². The highest BCUT2D eigenvalue weighted by atomic mass is 35.5. The number of anilines is 2. The number of rotatable bonds is 9. The first kappa shape index (κ1) is 26.2. The summed E-state index contributed by atoms with van der Waals surface area (Å²) in [4.78, 5) is 21.0. The van der Waals surface area contributed by atoms with E-state index in [1.54, 1.807) is 36.3 Å². The van der Waals surface area contributed by atoms with Gasteiger partial charge in [-0.3, -0.25) is 4.98 Å². The molecule has 4 aromatic rings. The topological polar surface area (TPSA) is 164 Å². The van der Waals surface area contributed by atoms with Crippen LogP contribution in [0.1, 0.15) is 19.0 Å². The predicted molar refractivity (Wildman–Crippen MR) is 140 cm³/mol. The van der Waals surface area contributed by atoms with E-state index in [9.17, 15) is 8.42 Å². The van der Waals surface area contributed by atoms with Gasteiger partial charge in [0.25, 0.3) is 0 Å². The number of nitrogen functional groups attached to an aromatic ring is 1. The van der Waals surface area contributed by atoms with Crippen LogP contribution in [0.5, 0.6) is 5.88 Å². The van der Waals surface area contributed by atoms with E-state index in [1.165, 1.54) is 12.4 Å². The molecular formula is C23H26ClN9O3S. The maximum atomic E-state index is 11.7. The highest BCUT2D eigenvalue weighted by Gasteiger charge is 2.20. The number of hydrogen-bond acceptors (Lipinski definition) is 11. The lowest BCUT2D eigenvalue weighted by Gasteiger charge is -2.18. The first-order valence-electron chi connectivity index (χ1n) is 11.2. The maximum Gasteiger partial charge on any atom is 0.223 e. The van der Waals surface area contributed by atoms with Gasteiger partial charge in [-0.1, -0.05) is 11.6 Å². The molecule has 3 N–H and O–H groups in total. The van der Waals surface area contributed by atoms with E-state index in [2.05, 4.69) is 35.3 Å². The molecule has 0 spiro atoms. The Morgan fingerprint density at radius 1 is 1.19 bits per heavy atom. The number of nitrogens with two attached hydrogens (primary N) is 1. The summed E-state index contributed by atoms with van der Waals surface area (Å²) in [6, 6.07) is 3.26. The minimum atomic E-state index is -3.46. The van der Waals surface area contributed by atoms with Gasteiger partial charge in [0.05, 0.1) is 30.4 Å². The number of nitrogens with one attached hydrogen (secondary N) is 1. The van der Waals surface area contributed by atoms with E-state index in [0.29, 0.717) is 58.2 Å². The quantitative estimate of drug-likeness (QED) is 0.298. The number of pyridine rings is 1. The van der Waals surface area contributed by atoms with Crippen LogP contribution < -0.4 is 15.8 Å². The molecule has 4 rings (SSSR count). The molecule has 0 aliphatic carbocycles. The lowest BCUT2D eigenvalue weighted by Crippen LogP contribution is -2.19. The van der Waals surface area contributed by atoms with E-state index in [-0.39, 0.29) is 11.1 Å². The van der Waals surface area contributed by atoms with Crippen molar-refractivity contribution in [3.63, 3.8) is 0 Å². The van der Waals surface area contributed by atoms with Gasteiger partial charge in [-0.2, -0.15) is 5.10 Å². The number of hydrogen-bond donors (Lipinski definition) is 2. The van der Waals surface area contributed by atoms with Crippen LogP contribution in [0.4, 0.5) is 11.5 Å². The molecule has 0 bridgehead atoms. The van der Waals surface area contributed by atoms with E-state index >= 15 is 0 Å². The zero-order chi connectivity index (χ0) is 26.7. The number of nitrogens with zero attached hydrogens (tertiary/aromatic N) is 7. The molecule has 0 aromatic carbocycles. The van der Waals surface area contributed by atoms with Gasteiger partial charge in [0, 0.05) is 49.4 Å². The van der Waals surface area contributed by atoms with Crippen molar-refractivity contribution in [3.05, 3.63) is 47.8 Å². The van der Waals surface area contributed by atoms with Crippen molar-refractivity contribution in [1.29, 1.82) is 0 Å². The van der Waals surface area contributed by atoms with Crippen LogP contribution in [0.2, 0.25) is 5.15 Å². The van der Waals surface area contributed by atoms with Crippen molar-refractivity contribution >= 4 is 32.9 Å². The van der Waals surface area contributed by atoms with Crippen molar-refractivity contribution in [2.75, 3.05) is 23.9 Å². The van der Waals surface area contributed by atoms with Crippen molar-refractivity contribution in [3.8, 4) is 28.5 Å². The summed E-state index contributed by atoms with van der Waals surface area (Å²) >= 11 is 6.14. The SMILES string of the molecule is Cc1nn(C)c(OCC[C@H](C)Nc2cc(Cl)ncc2-c2cnc(S(C)(=O)=O)cn2)c1-c1nccc(N)n1. The summed E-state index contributed by atoms with van der Waals surface area (Å²) in [6.07, 6.45) is 7.47. The average Bonchev–Trinajstić information content (AvgIpc) is 3.11. The van der Waals surface area contributed by atoms with Gasteiger partial charge in [0.15, 0.2) is 20.7 Å². The van der Waals surface area contributed by atoms with Gasteiger partial charge < -0.3 is 15.8 Å². The fraction of sp³-hybridized carbons (Fsp3) is 0.304. The maximum absolute atomic E-state index is 11.7. The Morgan fingerprint density at radius 2 is 1.97 bits per heavy atom. The van der Waals surface area contributed by atoms with Crippen molar-refractivity contribution in [2.45, 2.75) is 31.3 Å². The minimum absolute atomic E-state index is 0.0399. The lowest BCUT2D eigenvalue weighted by molar-refractivity contribution is 0.280. The summed E-state index contributed by atoms with van der Waals surface area (Å²) in [5, 5.41) is 8.04. The smallest absolute Gasteiger partial charge is 0.223 e. The third kappa shape index (κ3) is 6.12. The largest absolute Gasteiger partial charge is 0.477 e. The fourth-order valence-corrected chi connectivity index (χ4v) is 4.27. The molecule has 0 unspecified atom stereocenters. The average molecular weight is 544 g/mol. The number of aromatic nitrogens is 7. The molecule has 12 nitrogen and oxygen atoms in total. The first-order chi connectivity index (χ1) is 17.5. The highest BCUT2D eigenvalue weighted by molar-refractivity contribution is 7.90. The molecule has 0 saturated heterocycles. The molecule has 0 fully saturated rings. The Bertz CT molecular complexity index is 1530. The molecule has 1 atom stereocenters. The standard InChI is InChI=1S/C23H26ClN9O3S/c1-13(6-8-36-23-21(14(2)32-33(23)3)22-26-7-5-19(25)31-22)30-16-9-18(24)28-10-15(16)17-11-29-20(12-27-17)37(4,34)35/h5,7,9-13H,6,8H2,1-4H3,(H,28,30)(H2,25,26,31)/t13-/m0/s1. The van der Waals surface area contributed by atoms with Crippen LogP contribution >= 0.6 is 11.6 Å². The predicted octanol–water partition coefficient (Wildman–Crippen LogP) is 2.95. The van der Waals surface area contributed by atoms with Crippen LogP contribution in [0.25, 0.3) is 22.6 Å². The monoisotopic (exact) mass is 543 g/mol. The van der Waals surface area contributed by atoms with Crippen LogP contribution in [-0.2, 0) is 16.9 Å². The first-order valence-corrected chi connectivity index (χ1v) is 13.5. The van der Waals surface area contributed by atoms with E-state index in [1.807, 2.05) is 13.8 Å². The van der Waals surface area contributed by atoms with Crippen molar-refractivity contribution in [2.24, 2.45) is 7.05 Å². The summed E-state index contributed by atoms with van der Waals surface area (Å²) in [5.41, 5.74) is 9.02. The van der Waals surface area contributed by atoms with Crippen LogP contribution in [-0.4, -0.2) is 62.0 Å². The normalized spacial score (nSPS) is 12.4. The van der Waals surface area contributed by atoms with Crippen LogP contribution in [0, 0.1) is 6.92 Å². The Balaban J connectivity index is 1.47. The molecule has 4 aromatic heterocycles. The fourth-order valence-electron chi connectivity index (χ4n) is 3.62. The Hall–Kier alpha value is -3.84. The number of halogens is 1. The van der Waals surface area contributed by atoms with Gasteiger partial charge in [-0.25, -0.2) is 33.0 Å². The highest BCUT2D eigenvalue weighted by Crippen LogP contribution is 2.31. The Kier molecular flexibility index (Phi) is 7.55. The second kappa shape index (κ2) is 10.6. The summed E-state index contributed by atoms with van der Waals surface area (Å²) in [6.45, 7) is 4.23. The molecule has 14 heteroatoms. The molecule has 0 radical (unpaired) electrons. The molecular weight excluding hydrogens is 518 g/mol. The molecule has 194 valence electrons. The van der Waals surface area contributed by atoms with Gasteiger partial charge in [0.1, 0.15) is 16.5 Å². The second-order valence-corrected chi connectivity index (χ2v) is 10.8. The summed E-state index contributed by atoms with van der Waals surface area (Å²) in [5.74, 6) is 1.36. The van der Waals surface area contributed by atoms with Crippen molar-refractivity contribution in [1.82, 2.24) is 34.7 Å². The van der Waals surface area contributed by atoms with Gasteiger partial charge in [0.2, 0.25) is 5.88 Å². The molecule has 0 saturated carbocycles. The Morgan fingerprint density at radius 3 is 2.65 bits per heavy atom.